The zero-order chi connectivity index (χ0) is 80.2. The second kappa shape index (κ2) is 35.4. The fourth-order valence-electron chi connectivity index (χ4n) is 16.3. The number of aryl methyl sites for hydroxylation is 2. The number of aliphatic carboxylic acids is 1. The van der Waals surface area contributed by atoms with Gasteiger partial charge in [0.1, 0.15) is 58.9 Å². The molecule has 6 heterocycles. The van der Waals surface area contributed by atoms with E-state index < -0.39 is 136 Å². The topological polar surface area (TPSA) is 389 Å². The Balaban J connectivity index is 0.000000221. The van der Waals surface area contributed by atoms with Gasteiger partial charge in [0.25, 0.3) is 5.91 Å². The Morgan fingerprint density at radius 3 is 1.39 bits per heavy atom. The van der Waals surface area contributed by atoms with Gasteiger partial charge >= 0.3 is 17.9 Å². The van der Waals surface area contributed by atoms with Crippen molar-refractivity contribution in [2.45, 2.75) is 258 Å². The van der Waals surface area contributed by atoms with Crippen molar-refractivity contribution in [3.63, 3.8) is 0 Å². The molecule has 6 aliphatic carbocycles. The lowest BCUT2D eigenvalue weighted by Gasteiger charge is -2.35. The van der Waals surface area contributed by atoms with Crippen molar-refractivity contribution in [1.29, 1.82) is 0 Å². The van der Waals surface area contributed by atoms with E-state index in [4.69, 9.17) is 54.1 Å². The maximum absolute atomic E-state index is 14.8. The number of Topliss-reactive ketones (excluding diaryl/α,β-unsaturated/α-hetero) is 1. The molecule has 0 radical (unpaired) electrons. The number of carbonyl (C=O) groups is 8. The number of aromatic nitrogens is 4. The highest BCUT2D eigenvalue weighted by molar-refractivity contribution is 7.91. The summed E-state index contributed by atoms with van der Waals surface area (Å²) >= 11 is 0. The largest absolute Gasteiger partial charge is 0.497 e. The van der Waals surface area contributed by atoms with Gasteiger partial charge in [0, 0.05) is 36.3 Å². The number of carboxylic acids is 1. The Kier molecular flexibility index (Phi) is 27.9. The van der Waals surface area contributed by atoms with Crippen LogP contribution < -0.4 is 34.1 Å². The van der Waals surface area contributed by atoms with Crippen LogP contribution in [0.4, 0.5) is 0 Å². The summed E-state index contributed by atoms with van der Waals surface area (Å²) in [5.41, 5.74) is 6.14. The second-order valence-corrected chi connectivity index (χ2v) is 38.6. The number of nitrogens with two attached hydrogens (primary N) is 1. The second-order valence-electron chi connectivity index (χ2n) is 34.7. The molecule has 28 nitrogen and oxygen atoms in total. The zero-order valence-electron chi connectivity index (χ0n) is 65.8. The number of nitrogens with one attached hydrogen (secondary N) is 2. The van der Waals surface area contributed by atoms with Crippen molar-refractivity contribution < 1.29 is 88.7 Å². The molecule has 4 bridgehead atoms. The van der Waals surface area contributed by atoms with Crippen molar-refractivity contribution in [3.8, 4) is 23.3 Å². The average molecular weight is 1650 g/mol. The standard InChI is InChI=1S/C41H54N4O9S.C31H41N3O7.C9H14N2O3S.2CH4.ClH/c1-7-25-20-41(25,39(49)44-55(50,51)27-14-15-27)21-32(46)36-23(2)34-22-45(36)38(48)28(40(3,4)5)19-35(47)53-33-17-24(33)11-9-8-10-12-30-37(54-34)43-31-18-26(52-6)13-16-29(31)42-30;1-17-25-16-34(27(17)30(37)38)29(36)20(31(2,3)4)15-26(35)40-24-13-18(24)9-7-6-8-10-22-28(41-25)33-23-14-19(39-5)11-12-21(23)32-22;1-2-6-5-9(6,10)8(12)11-15(13,14)7-3-4-7;;;/h7,13,16,18,23-25,27-28,33-34,36H,1,8-12,14-15,17,19-22H2,2-6H3,(H,44,49);11-12,14,17-18,20,24-25,27H,6-10,13,15-16H2,1-5H3,(H,37,38);2,6-7H,1,3-5,10H2,(H,11,12);2*1H4;1H/t23-,24-,25-,28-,33-,34+,36+,41-;17-,18-,20-,24-,25+,27+;6-,9-;;;/m111.../s1. The van der Waals surface area contributed by atoms with Gasteiger partial charge < -0.3 is 49.1 Å². The third-order valence-corrected chi connectivity index (χ3v) is 27.9. The number of fused-ring (bicyclic) bond motifs is 10. The first-order chi connectivity index (χ1) is 52.4. The highest BCUT2D eigenvalue weighted by atomic mass is 35.5. The van der Waals surface area contributed by atoms with Crippen LogP contribution in [-0.2, 0) is 80.7 Å². The quantitative estimate of drug-likeness (QED) is 0.0673. The predicted molar refractivity (Wildman–Crippen MR) is 430 cm³/mol. The van der Waals surface area contributed by atoms with Gasteiger partial charge in [0.2, 0.25) is 49.5 Å². The number of ketones is 1. The molecule has 0 spiro atoms. The minimum Gasteiger partial charge on any atom is -0.497 e. The van der Waals surface area contributed by atoms with E-state index in [1.54, 1.807) is 45.4 Å². The number of methoxy groups -OCH3 is 2. The van der Waals surface area contributed by atoms with Crippen molar-refractivity contribution in [3.05, 3.63) is 73.1 Å². The molecule has 31 heteroatoms. The summed E-state index contributed by atoms with van der Waals surface area (Å²) in [4.78, 5) is 130. The van der Waals surface area contributed by atoms with Crippen molar-refractivity contribution in [2.24, 2.45) is 69.3 Å². The third-order valence-electron chi connectivity index (χ3n) is 24.3. The first-order valence-electron chi connectivity index (χ1n) is 39.3. The SMILES string of the molecule is C.C.C=C[C@@H]1C[C@]1(CC(=O)[C@@H]1[C@H](C)[C@@H]2CN1C(=O)[C@H](C(C)(C)C)CC(=O)O[C@@H]1C[C@H]1CCCCCc1nc3ccc(OC)cc3nc1O2)C(=O)NS(=O)(=O)C1CC1.C=C[C@@H]1C[C@]1(N)C(=O)NS(=O)(=O)C1CC1.COc1ccc2nc3c(nc2c1)O[C@H]1CN(C(=O)[C@H](C(C)(C)C)CC(=O)O[C@@H]2C[C@H]2CCCCC3)[C@H](C(=O)O)[C@@H]1C.Cl. The summed E-state index contributed by atoms with van der Waals surface area (Å²) in [6.45, 7) is 22.5. The summed E-state index contributed by atoms with van der Waals surface area (Å²) in [5, 5.41) is 9.20. The summed E-state index contributed by atoms with van der Waals surface area (Å²) in [6, 6.07) is 8.86. The van der Waals surface area contributed by atoms with Crippen LogP contribution >= 0.6 is 12.4 Å². The molecule has 2 aromatic carbocycles. The third kappa shape index (κ3) is 20.3. The van der Waals surface area contributed by atoms with E-state index in [9.17, 15) is 60.3 Å². The molecule has 14 rings (SSSR count). The molecule has 6 saturated carbocycles. The van der Waals surface area contributed by atoms with Crippen molar-refractivity contribution in [2.75, 3.05) is 27.3 Å². The number of halogens is 1. The van der Waals surface area contributed by atoms with E-state index in [1.165, 1.54) is 9.80 Å². The molecule has 8 fully saturated rings. The van der Waals surface area contributed by atoms with Gasteiger partial charge in [-0.05, 0) is 143 Å². The highest BCUT2D eigenvalue weighted by Gasteiger charge is 2.63. The fraction of sp³-hybridized carbons (Fsp3) is 0.663. The molecule has 4 amide bonds. The number of benzene rings is 2. The Labute approximate surface area is 676 Å². The summed E-state index contributed by atoms with van der Waals surface area (Å²) < 4.78 is 88.5. The van der Waals surface area contributed by atoms with Gasteiger partial charge in [-0.2, -0.15) is 0 Å². The van der Waals surface area contributed by atoms with Gasteiger partial charge in [-0.15, -0.1) is 25.6 Å². The number of rotatable bonds is 14. The van der Waals surface area contributed by atoms with Crippen LogP contribution in [0, 0.1) is 63.6 Å². The van der Waals surface area contributed by atoms with E-state index in [2.05, 4.69) is 17.9 Å². The van der Waals surface area contributed by atoms with E-state index >= 15 is 0 Å². The fourth-order valence-corrected chi connectivity index (χ4v) is 19.0. The molecule has 16 atom stereocenters. The number of carboxylic acid groups (broad SMARTS) is 1. The molecule has 4 aromatic rings. The molecule has 10 aliphatic rings. The normalized spacial score (nSPS) is 30.3. The van der Waals surface area contributed by atoms with Crippen LogP contribution in [0.3, 0.4) is 0 Å². The highest BCUT2D eigenvalue weighted by Crippen LogP contribution is 2.57. The number of esters is 2. The summed E-state index contributed by atoms with van der Waals surface area (Å²) in [6.07, 6.45) is 14.6. The van der Waals surface area contributed by atoms with Gasteiger partial charge in [-0.1, -0.05) is 108 Å². The summed E-state index contributed by atoms with van der Waals surface area (Å²) in [5.74, 6) is -4.92. The lowest BCUT2D eigenvalue weighted by molar-refractivity contribution is -0.157. The molecule has 628 valence electrons. The molecule has 2 saturated heterocycles. The monoisotopic (exact) mass is 1640 g/mol. The number of amides is 4. The van der Waals surface area contributed by atoms with Gasteiger partial charge in [-0.25, -0.2) is 41.6 Å². The maximum Gasteiger partial charge on any atom is 0.326 e. The number of allylic oxidation sites excluding steroid dienone is 1. The van der Waals surface area contributed by atoms with E-state index in [0.29, 0.717) is 102 Å². The lowest BCUT2D eigenvalue weighted by atomic mass is 9.77. The first-order valence-corrected chi connectivity index (χ1v) is 42.4. The molecular weight excluding hydrogens is 1530 g/mol. The zero-order valence-corrected chi connectivity index (χ0v) is 68.3. The van der Waals surface area contributed by atoms with Crippen LogP contribution in [-0.4, -0.2) is 179 Å². The van der Waals surface area contributed by atoms with Gasteiger partial charge in [-0.3, -0.25) is 43.0 Å². The molecule has 4 aliphatic heterocycles. The Morgan fingerprint density at radius 2 is 1.01 bits per heavy atom. The van der Waals surface area contributed by atoms with E-state index in [1.807, 2.05) is 77.5 Å². The molecule has 0 unspecified atom stereocenters. The first kappa shape index (κ1) is 89.8. The number of hydrogen-bond donors (Lipinski definition) is 4. The Bertz CT molecular complexity index is 4550. The maximum atomic E-state index is 14.8. The van der Waals surface area contributed by atoms with Gasteiger partial charge in [0.15, 0.2) is 5.78 Å². The molecular formula is C83H118ClN9O19S2. The molecule has 5 N–H and O–H groups in total. The van der Waals surface area contributed by atoms with Crippen LogP contribution in [0.1, 0.15) is 204 Å². The minimum atomic E-state index is -3.86. The number of hydrogen-bond acceptors (Lipinski definition) is 23. The van der Waals surface area contributed by atoms with Crippen LogP contribution in [0.25, 0.3) is 22.1 Å². The van der Waals surface area contributed by atoms with Crippen molar-refractivity contribution >= 4 is 102 Å². The number of sulfonamides is 2. The smallest absolute Gasteiger partial charge is 0.326 e. The number of nitrogens with zero attached hydrogens (tertiary/aromatic N) is 6. The Morgan fingerprint density at radius 1 is 0.588 bits per heavy atom. The number of ether oxygens (including phenoxy) is 6. The predicted octanol–water partition coefficient (Wildman–Crippen LogP) is 10.7. The lowest BCUT2D eigenvalue weighted by Crippen LogP contribution is -2.49. The average Bonchev–Trinajstić information content (AvgIpc) is 1.53. The Hall–Kier alpha value is -8.09. The van der Waals surface area contributed by atoms with Crippen molar-refractivity contribution in [1.82, 2.24) is 39.2 Å². The summed E-state index contributed by atoms with van der Waals surface area (Å²) in [7, 11) is -4.17. The van der Waals surface area contributed by atoms with Crippen LogP contribution in [0.2, 0.25) is 0 Å². The van der Waals surface area contributed by atoms with Crippen LogP contribution in [0.15, 0.2) is 61.7 Å². The molecule has 2 aromatic heterocycles. The molecule has 114 heavy (non-hydrogen) atoms. The minimum absolute atomic E-state index is 0. The van der Waals surface area contributed by atoms with Gasteiger partial charge in [0.05, 0.1) is 96.0 Å². The van der Waals surface area contributed by atoms with E-state index in [-0.39, 0.29) is 102 Å². The van der Waals surface area contributed by atoms with Crippen LogP contribution in [0.5, 0.6) is 23.3 Å². The number of carbonyl (C=O) groups excluding carboxylic acids is 7. The van der Waals surface area contributed by atoms with E-state index in [0.717, 1.165) is 75.4 Å².